The van der Waals surface area contributed by atoms with Gasteiger partial charge in [-0.15, -0.1) is 11.3 Å². The number of nitrogens with zero attached hydrogens (tertiary/aromatic N) is 1. The molecule has 0 bridgehead atoms. The number of benzene rings is 1. The Morgan fingerprint density at radius 1 is 1.36 bits per heavy atom. The maximum atomic E-state index is 13.2. The van der Waals surface area contributed by atoms with Gasteiger partial charge in [-0.25, -0.2) is 0 Å². The molecule has 8 heteroatoms. The number of carbonyl (C=O) groups excluding carboxylic acids is 3. The van der Waals surface area contributed by atoms with Crippen molar-refractivity contribution in [1.82, 2.24) is 10.2 Å². The van der Waals surface area contributed by atoms with Crippen molar-refractivity contribution in [3.63, 3.8) is 0 Å². The maximum Gasteiger partial charge on any atom is 0.256 e. The molecule has 3 amide bonds. The molecule has 2 N–H and O–H groups in total. The molecule has 3 heterocycles. The van der Waals surface area contributed by atoms with Gasteiger partial charge in [0.1, 0.15) is 12.6 Å². The number of rotatable bonds is 4. The fourth-order valence-electron chi connectivity index (χ4n) is 3.79. The lowest BCUT2D eigenvalue weighted by molar-refractivity contribution is -0.127. The van der Waals surface area contributed by atoms with Gasteiger partial charge in [0.05, 0.1) is 11.3 Å². The van der Waals surface area contributed by atoms with E-state index in [1.165, 1.54) is 7.11 Å². The maximum absolute atomic E-state index is 13.2. The second-order valence-corrected chi connectivity index (χ2v) is 7.91. The molecule has 0 saturated carbocycles. The fourth-order valence-corrected chi connectivity index (χ4v) is 4.51. The average molecular weight is 399 g/mol. The van der Waals surface area contributed by atoms with E-state index in [1.807, 2.05) is 29.6 Å². The lowest BCUT2D eigenvalue weighted by atomic mass is 9.96. The van der Waals surface area contributed by atoms with Crippen LogP contribution in [0.2, 0.25) is 0 Å². The van der Waals surface area contributed by atoms with Gasteiger partial charge >= 0.3 is 0 Å². The molecule has 1 fully saturated rings. The largest absolute Gasteiger partial charge is 0.375 e. The molecule has 4 rings (SSSR count). The molecule has 2 atom stereocenters. The number of methoxy groups -OCH3 is 1. The summed E-state index contributed by atoms with van der Waals surface area (Å²) in [6.45, 7) is 0.393. The highest BCUT2D eigenvalue weighted by atomic mass is 32.1. The van der Waals surface area contributed by atoms with Crippen LogP contribution in [0.25, 0.3) is 10.4 Å². The molecule has 146 valence electrons. The van der Waals surface area contributed by atoms with Crippen LogP contribution in [-0.2, 0) is 14.3 Å². The SMILES string of the molecule is COCC(=O)NC1CCN2C(=O)c3cc(-c4cccs4)ccc3NC(=O)C2C1. The summed E-state index contributed by atoms with van der Waals surface area (Å²) in [5, 5.41) is 7.75. The summed E-state index contributed by atoms with van der Waals surface area (Å²) in [6.07, 6.45) is 0.990. The third-order valence-electron chi connectivity index (χ3n) is 5.12. The second-order valence-electron chi connectivity index (χ2n) is 6.96. The second kappa shape index (κ2) is 7.73. The van der Waals surface area contributed by atoms with Gasteiger partial charge in [-0.1, -0.05) is 12.1 Å². The van der Waals surface area contributed by atoms with Gasteiger partial charge in [0.2, 0.25) is 11.8 Å². The Bertz CT molecular complexity index is 912. The summed E-state index contributed by atoms with van der Waals surface area (Å²) in [4.78, 5) is 40.5. The molecular weight excluding hydrogens is 378 g/mol. The molecule has 2 aliphatic rings. The Kier molecular flexibility index (Phi) is 5.15. The van der Waals surface area contributed by atoms with Crippen LogP contribution in [0.4, 0.5) is 5.69 Å². The summed E-state index contributed by atoms with van der Waals surface area (Å²) < 4.78 is 4.84. The first-order valence-corrected chi connectivity index (χ1v) is 10.0. The number of ether oxygens (including phenoxy) is 1. The zero-order chi connectivity index (χ0) is 19.7. The number of carbonyl (C=O) groups is 3. The van der Waals surface area contributed by atoms with Gasteiger partial charge in [-0.3, -0.25) is 14.4 Å². The Labute approximate surface area is 166 Å². The molecule has 0 aliphatic carbocycles. The van der Waals surface area contributed by atoms with Gasteiger partial charge in [0.25, 0.3) is 5.91 Å². The number of nitrogens with one attached hydrogen (secondary N) is 2. The molecule has 7 nitrogen and oxygen atoms in total. The smallest absolute Gasteiger partial charge is 0.256 e. The van der Waals surface area contributed by atoms with Gasteiger partial charge in [0.15, 0.2) is 0 Å². The molecule has 1 aromatic carbocycles. The molecule has 1 saturated heterocycles. The van der Waals surface area contributed by atoms with E-state index in [9.17, 15) is 14.4 Å². The summed E-state index contributed by atoms with van der Waals surface area (Å²) in [6, 6.07) is 8.75. The fraction of sp³-hybridized carbons (Fsp3) is 0.350. The van der Waals surface area contributed by atoms with Crippen LogP contribution in [0.15, 0.2) is 35.7 Å². The van der Waals surface area contributed by atoms with Crippen molar-refractivity contribution in [2.24, 2.45) is 0 Å². The topological polar surface area (TPSA) is 87.7 Å². The Morgan fingerprint density at radius 2 is 2.21 bits per heavy atom. The number of piperidine rings is 1. The van der Waals surface area contributed by atoms with E-state index < -0.39 is 6.04 Å². The first-order chi connectivity index (χ1) is 13.6. The number of anilines is 1. The van der Waals surface area contributed by atoms with Crippen LogP contribution in [-0.4, -0.2) is 55.0 Å². The van der Waals surface area contributed by atoms with Crippen molar-refractivity contribution in [1.29, 1.82) is 0 Å². The third-order valence-corrected chi connectivity index (χ3v) is 6.04. The van der Waals surface area contributed by atoms with Gasteiger partial charge in [-0.05, 0) is 42.0 Å². The van der Waals surface area contributed by atoms with Gasteiger partial charge in [0, 0.05) is 24.6 Å². The number of fused-ring (bicyclic) bond motifs is 2. The zero-order valence-corrected chi connectivity index (χ0v) is 16.3. The van der Waals surface area contributed by atoms with Crippen LogP contribution in [0.3, 0.4) is 0 Å². The van der Waals surface area contributed by atoms with Gasteiger partial charge in [-0.2, -0.15) is 0 Å². The van der Waals surface area contributed by atoms with E-state index in [0.29, 0.717) is 30.6 Å². The molecule has 2 aliphatic heterocycles. The van der Waals surface area contributed by atoms with E-state index in [2.05, 4.69) is 10.6 Å². The highest BCUT2D eigenvalue weighted by Gasteiger charge is 2.40. The molecular formula is C20H21N3O4S. The minimum absolute atomic E-state index is 0.0209. The van der Waals surface area contributed by atoms with E-state index >= 15 is 0 Å². The normalized spacial score (nSPS) is 21.4. The van der Waals surface area contributed by atoms with Crippen LogP contribution in [0.1, 0.15) is 23.2 Å². The van der Waals surface area contributed by atoms with Crippen LogP contribution >= 0.6 is 11.3 Å². The minimum atomic E-state index is -0.605. The Hall–Kier alpha value is -2.71. The summed E-state index contributed by atoms with van der Waals surface area (Å²) in [5.41, 5.74) is 1.99. The van der Waals surface area contributed by atoms with E-state index in [-0.39, 0.29) is 30.4 Å². The molecule has 0 radical (unpaired) electrons. The lowest BCUT2D eigenvalue weighted by Gasteiger charge is -2.37. The van der Waals surface area contributed by atoms with Crippen LogP contribution < -0.4 is 10.6 Å². The first-order valence-electron chi connectivity index (χ1n) is 9.15. The number of thiophene rings is 1. The predicted molar refractivity (Wildman–Crippen MR) is 106 cm³/mol. The minimum Gasteiger partial charge on any atom is -0.375 e. The number of hydrogen-bond acceptors (Lipinski definition) is 5. The first kappa shape index (κ1) is 18.6. The van der Waals surface area contributed by atoms with Crippen molar-refractivity contribution in [2.75, 3.05) is 25.6 Å². The monoisotopic (exact) mass is 399 g/mol. The quantitative estimate of drug-likeness (QED) is 0.824. The van der Waals surface area contributed by atoms with Crippen molar-refractivity contribution < 1.29 is 19.1 Å². The zero-order valence-electron chi connectivity index (χ0n) is 15.4. The summed E-state index contributed by atoms with van der Waals surface area (Å²) in [5.74, 6) is -0.592. The molecule has 0 spiro atoms. The number of hydrogen-bond donors (Lipinski definition) is 2. The van der Waals surface area contributed by atoms with E-state index in [1.54, 1.807) is 22.3 Å². The third kappa shape index (κ3) is 3.53. The van der Waals surface area contributed by atoms with Crippen molar-refractivity contribution in [3.05, 3.63) is 41.3 Å². The molecule has 2 aromatic rings. The highest BCUT2D eigenvalue weighted by Crippen LogP contribution is 2.33. The average Bonchev–Trinajstić information content (AvgIpc) is 3.19. The van der Waals surface area contributed by atoms with E-state index in [4.69, 9.17) is 4.74 Å². The van der Waals surface area contributed by atoms with E-state index in [0.717, 1.165) is 10.4 Å². The highest BCUT2D eigenvalue weighted by molar-refractivity contribution is 7.13. The van der Waals surface area contributed by atoms with Crippen LogP contribution in [0, 0.1) is 0 Å². The summed E-state index contributed by atoms with van der Waals surface area (Å²) in [7, 11) is 1.46. The predicted octanol–water partition coefficient (Wildman–Crippen LogP) is 2.10. The number of amides is 3. The summed E-state index contributed by atoms with van der Waals surface area (Å²) >= 11 is 1.60. The Morgan fingerprint density at radius 3 is 2.96 bits per heavy atom. The van der Waals surface area contributed by atoms with Crippen molar-refractivity contribution in [2.45, 2.75) is 24.9 Å². The molecule has 28 heavy (non-hydrogen) atoms. The van der Waals surface area contributed by atoms with Crippen molar-refractivity contribution >= 4 is 34.7 Å². The van der Waals surface area contributed by atoms with Crippen LogP contribution in [0.5, 0.6) is 0 Å². The van der Waals surface area contributed by atoms with Crippen molar-refractivity contribution in [3.8, 4) is 10.4 Å². The Balaban J connectivity index is 1.58. The molecule has 1 aromatic heterocycles. The lowest BCUT2D eigenvalue weighted by Crippen LogP contribution is -2.55. The standard InChI is InChI=1S/C20H21N3O4S/c1-27-11-18(24)21-13-6-7-23-16(10-13)19(25)22-15-5-4-12(9-14(15)20(23)26)17-3-2-8-28-17/h2-5,8-9,13,16H,6-7,10-11H2,1H3,(H,21,24)(H,22,25). The van der Waals surface area contributed by atoms with Gasteiger partial charge < -0.3 is 20.3 Å². The molecule has 2 unspecified atom stereocenters.